The third-order valence-corrected chi connectivity index (χ3v) is 7.58. The van der Waals surface area contributed by atoms with Gasteiger partial charge in [-0.05, 0) is 61.7 Å². The number of hydrogen-bond donors (Lipinski definition) is 0. The second kappa shape index (κ2) is 8.71. The number of fused-ring (bicyclic) bond motifs is 4. The molecule has 35 heavy (non-hydrogen) atoms. The second-order valence-corrected chi connectivity index (χ2v) is 9.84. The number of imidazole rings is 1. The number of aromatic nitrogens is 3. The highest BCUT2D eigenvalue weighted by atomic mass is 32.1. The third-order valence-electron chi connectivity index (χ3n) is 6.61. The van der Waals surface area contributed by atoms with Crippen LogP contribution >= 0.6 is 11.3 Å². The summed E-state index contributed by atoms with van der Waals surface area (Å²) in [6, 6.07) is 22.3. The average Bonchev–Trinajstić information content (AvgIpc) is 3.50. The van der Waals surface area contributed by atoms with Crippen LogP contribution in [0.4, 0.5) is 0 Å². The molecule has 0 unspecified atom stereocenters. The van der Waals surface area contributed by atoms with Crippen LogP contribution in [0, 0.1) is 13.8 Å². The van der Waals surface area contributed by atoms with E-state index in [0.29, 0.717) is 11.1 Å². The summed E-state index contributed by atoms with van der Waals surface area (Å²) in [4.78, 5) is 18.6. The third kappa shape index (κ3) is 3.80. The molecule has 0 fully saturated rings. The molecule has 5 nitrogen and oxygen atoms in total. The van der Waals surface area contributed by atoms with Gasteiger partial charge in [0.15, 0.2) is 4.96 Å². The van der Waals surface area contributed by atoms with Crippen molar-refractivity contribution in [3.05, 3.63) is 105 Å². The van der Waals surface area contributed by atoms with E-state index in [1.807, 2.05) is 48.5 Å². The number of rotatable bonds is 6. The summed E-state index contributed by atoms with van der Waals surface area (Å²) in [6.45, 7) is 5.69. The Labute approximate surface area is 206 Å². The zero-order valence-electron chi connectivity index (χ0n) is 19.7. The number of thiazole rings is 1. The molecule has 0 saturated heterocycles. The molecule has 0 aliphatic rings. The number of hydrogen-bond acceptors (Lipinski definition) is 4. The lowest BCUT2D eigenvalue weighted by atomic mass is 10.1. The summed E-state index contributed by atoms with van der Waals surface area (Å²) in [7, 11) is 0. The van der Waals surface area contributed by atoms with Crippen LogP contribution in [0.1, 0.15) is 23.1 Å². The number of para-hydroxylation sites is 3. The second-order valence-electron chi connectivity index (χ2n) is 8.83. The van der Waals surface area contributed by atoms with E-state index in [4.69, 9.17) is 4.74 Å². The predicted octanol–water partition coefficient (Wildman–Crippen LogP) is 5.50. The Balaban J connectivity index is 1.30. The quantitative estimate of drug-likeness (QED) is 0.297. The van der Waals surface area contributed by atoms with Crippen LogP contribution < -0.4 is 14.8 Å². The van der Waals surface area contributed by atoms with Gasteiger partial charge in [0.25, 0.3) is 5.56 Å². The van der Waals surface area contributed by atoms with Gasteiger partial charge in [-0.2, -0.15) is 0 Å². The fourth-order valence-corrected chi connectivity index (χ4v) is 5.60. The van der Waals surface area contributed by atoms with Gasteiger partial charge in [0.05, 0.1) is 22.2 Å². The first-order chi connectivity index (χ1) is 17.1. The lowest BCUT2D eigenvalue weighted by Crippen LogP contribution is -2.22. The Kier molecular flexibility index (Phi) is 5.38. The summed E-state index contributed by atoms with van der Waals surface area (Å²) in [5, 5.41) is 1.14. The fourth-order valence-electron chi connectivity index (χ4n) is 4.63. The first-order valence-corrected chi connectivity index (χ1v) is 12.6. The van der Waals surface area contributed by atoms with Gasteiger partial charge in [0.1, 0.15) is 5.75 Å². The maximum Gasteiger partial charge on any atom is 0.274 e. The Morgan fingerprint density at radius 2 is 1.77 bits per heavy atom. The van der Waals surface area contributed by atoms with Gasteiger partial charge < -0.3 is 9.30 Å². The molecule has 174 valence electrons. The van der Waals surface area contributed by atoms with Crippen molar-refractivity contribution in [1.29, 1.82) is 0 Å². The topological polar surface area (TPSA) is 48.5 Å². The van der Waals surface area contributed by atoms with Crippen molar-refractivity contribution in [2.75, 3.05) is 6.61 Å². The summed E-state index contributed by atoms with van der Waals surface area (Å²) < 4.78 is 10.7. The first kappa shape index (κ1) is 21.6. The molecular formula is C29H25N3O2S. The highest BCUT2D eigenvalue weighted by Crippen LogP contribution is 2.24. The molecule has 0 saturated carbocycles. The lowest BCUT2D eigenvalue weighted by molar-refractivity contribution is 0.300. The molecule has 0 spiro atoms. The Bertz CT molecular complexity index is 1810. The molecule has 0 N–H and O–H groups in total. The zero-order valence-corrected chi connectivity index (χ0v) is 20.5. The van der Waals surface area contributed by atoms with Crippen molar-refractivity contribution < 1.29 is 4.74 Å². The number of ether oxygens (including phenoxy) is 1. The van der Waals surface area contributed by atoms with E-state index >= 15 is 0 Å². The van der Waals surface area contributed by atoms with Crippen LogP contribution in [0.25, 0.3) is 33.0 Å². The fraction of sp³-hybridized carbons (Fsp3) is 0.172. The van der Waals surface area contributed by atoms with E-state index in [-0.39, 0.29) is 5.56 Å². The standard InChI is InChI=1S/C29H25N3O2S/c1-19-9-7-14-26(20(19)2)34-16-8-15-31-18-21(22-10-3-5-12-24(22)31)17-27-28(33)32-25-13-6-4-11-23(25)30-29(32)35-27/h3-7,9-14,17-18H,8,15-16H2,1-2H3/b27-17-. The molecule has 0 atom stereocenters. The molecule has 6 heteroatoms. The smallest absolute Gasteiger partial charge is 0.274 e. The number of aryl methyl sites for hydroxylation is 2. The van der Waals surface area contributed by atoms with Crippen molar-refractivity contribution >= 4 is 44.3 Å². The van der Waals surface area contributed by atoms with Crippen molar-refractivity contribution in [3.63, 3.8) is 0 Å². The highest BCUT2D eigenvalue weighted by molar-refractivity contribution is 7.15. The molecular weight excluding hydrogens is 454 g/mol. The summed E-state index contributed by atoms with van der Waals surface area (Å²) in [5.41, 5.74) is 6.33. The van der Waals surface area contributed by atoms with E-state index < -0.39 is 0 Å². The number of benzene rings is 3. The lowest BCUT2D eigenvalue weighted by Gasteiger charge is -2.11. The van der Waals surface area contributed by atoms with Gasteiger partial charge in [-0.25, -0.2) is 9.38 Å². The van der Waals surface area contributed by atoms with Crippen LogP contribution in [0.5, 0.6) is 5.75 Å². The van der Waals surface area contributed by atoms with Crippen LogP contribution in [0.3, 0.4) is 0 Å². The van der Waals surface area contributed by atoms with Gasteiger partial charge >= 0.3 is 0 Å². The largest absolute Gasteiger partial charge is 0.493 e. The Morgan fingerprint density at radius 3 is 2.66 bits per heavy atom. The van der Waals surface area contributed by atoms with E-state index in [9.17, 15) is 4.79 Å². The van der Waals surface area contributed by atoms with Crippen LogP contribution in [0.15, 0.2) is 77.7 Å². The molecule has 3 aromatic heterocycles. The molecule has 0 aliphatic carbocycles. The molecule has 6 rings (SSSR count). The number of nitrogens with zero attached hydrogens (tertiary/aromatic N) is 3. The summed E-state index contributed by atoms with van der Waals surface area (Å²) >= 11 is 1.44. The van der Waals surface area contributed by atoms with Crippen LogP contribution in [0.2, 0.25) is 0 Å². The maximum atomic E-state index is 13.2. The van der Waals surface area contributed by atoms with Gasteiger partial charge in [-0.3, -0.25) is 4.79 Å². The van der Waals surface area contributed by atoms with Gasteiger partial charge in [-0.1, -0.05) is 53.8 Å². The maximum absolute atomic E-state index is 13.2. The molecule has 3 heterocycles. The van der Waals surface area contributed by atoms with E-state index in [2.05, 4.69) is 53.9 Å². The van der Waals surface area contributed by atoms with Crippen LogP contribution in [-0.2, 0) is 6.54 Å². The minimum atomic E-state index is -0.0162. The van der Waals surface area contributed by atoms with Crippen molar-refractivity contribution in [2.24, 2.45) is 0 Å². The molecule has 3 aromatic carbocycles. The Morgan fingerprint density at radius 1 is 0.971 bits per heavy atom. The minimum Gasteiger partial charge on any atom is -0.493 e. The van der Waals surface area contributed by atoms with Crippen molar-refractivity contribution in [1.82, 2.24) is 14.0 Å². The molecule has 0 bridgehead atoms. The van der Waals surface area contributed by atoms with Gasteiger partial charge in [-0.15, -0.1) is 0 Å². The minimum absolute atomic E-state index is 0.0162. The highest BCUT2D eigenvalue weighted by Gasteiger charge is 2.12. The van der Waals surface area contributed by atoms with E-state index in [1.165, 1.54) is 22.5 Å². The summed E-state index contributed by atoms with van der Waals surface area (Å²) in [6.07, 6.45) is 5.03. The van der Waals surface area contributed by atoms with E-state index in [0.717, 1.165) is 51.2 Å². The Hall–Kier alpha value is -3.90. The molecule has 0 amide bonds. The predicted molar refractivity (Wildman–Crippen MR) is 144 cm³/mol. The van der Waals surface area contributed by atoms with Crippen molar-refractivity contribution in [3.8, 4) is 5.75 Å². The average molecular weight is 480 g/mol. The zero-order chi connectivity index (χ0) is 23.9. The molecule has 6 aromatic rings. The summed E-state index contributed by atoms with van der Waals surface area (Å²) in [5.74, 6) is 0.953. The van der Waals surface area contributed by atoms with E-state index in [1.54, 1.807) is 4.40 Å². The monoisotopic (exact) mass is 479 g/mol. The van der Waals surface area contributed by atoms with Gasteiger partial charge in [0.2, 0.25) is 0 Å². The van der Waals surface area contributed by atoms with Crippen molar-refractivity contribution in [2.45, 2.75) is 26.8 Å². The van der Waals surface area contributed by atoms with Crippen LogP contribution in [-0.4, -0.2) is 20.6 Å². The SMILES string of the molecule is Cc1cccc(OCCCn2cc(/C=c3\sc4nc5ccccc5n4c3=O)c3ccccc32)c1C. The molecule has 0 radical (unpaired) electrons. The first-order valence-electron chi connectivity index (χ1n) is 11.8. The van der Waals surface area contributed by atoms with Gasteiger partial charge in [0, 0.05) is 29.2 Å². The molecule has 0 aliphatic heterocycles. The normalized spacial score (nSPS) is 12.3.